The number of ether oxygens (including phenoxy) is 1. The van der Waals surface area contributed by atoms with Crippen LogP contribution in [0.5, 0.6) is 0 Å². The van der Waals surface area contributed by atoms with Crippen LogP contribution in [0.4, 0.5) is 0 Å². The van der Waals surface area contributed by atoms with E-state index in [2.05, 4.69) is 47.8 Å². The Kier molecular flexibility index (Phi) is 3.08. The van der Waals surface area contributed by atoms with Crippen molar-refractivity contribution in [2.24, 2.45) is 0 Å². The van der Waals surface area contributed by atoms with Gasteiger partial charge in [0.05, 0.1) is 12.7 Å². The van der Waals surface area contributed by atoms with Crippen LogP contribution in [0.15, 0.2) is 42.5 Å². The van der Waals surface area contributed by atoms with Crippen LogP contribution in [-0.4, -0.2) is 19.2 Å². The summed E-state index contributed by atoms with van der Waals surface area (Å²) in [7, 11) is 0. The SMILES string of the molecule is c1ccc2c(COC3CCNC3)cccc2c1. The molecule has 2 aromatic carbocycles. The summed E-state index contributed by atoms with van der Waals surface area (Å²) in [5.41, 5.74) is 1.29. The molecule has 0 radical (unpaired) electrons. The quantitative estimate of drug-likeness (QED) is 0.870. The fraction of sp³-hybridized carbons (Fsp3) is 0.333. The molecule has 2 aromatic rings. The van der Waals surface area contributed by atoms with Gasteiger partial charge in [-0.3, -0.25) is 0 Å². The van der Waals surface area contributed by atoms with Crippen molar-refractivity contribution in [3.63, 3.8) is 0 Å². The molecule has 3 rings (SSSR count). The third-order valence-electron chi connectivity index (χ3n) is 3.37. The third-order valence-corrected chi connectivity index (χ3v) is 3.37. The first-order chi connectivity index (χ1) is 8.43. The van der Waals surface area contributed by atoms with E-state index in [1.54, 1.807) is 0 Å². The average Bonchev–Trinajstić information content (AvgIpc) is 2.89. The molecule has 0 aliphatic carbocycles. The van der Waals surface area contributed by atoms with Gasteiger partial charge < -0.3 is 10.1 Å². The molecule has 2 nitrogen and oxygen atoms in total. The summed E-state index contributed by atoms with van der Waals surface area (Å²) >= 11 is 0. The Labute approximate surface area is 102 Å². The largest absolute Gasteiger partial charge is 0.372 e. The van der Waals surface area contributed by atoms with Gasteiger partial charge in [0.15, 0.2) is 0 Å². The van der Waals surface area contributed by atoms with Crippen molar-refractivity contribution < 1.29 is 4.74 Å². The molecule has 0 aromatic heterocycles. The minimum atomic E-state index is 0.383. The highest BCUT2D eigenvalue weighted by molar-refractivity contribution is 5.85. The van der Waals surface area contributed by atoms with Crippen LogP contribution < -0.4 is 5.32 Å². The number of nitrogens with one attached hydrogen (secondary N) is 1. The summed E-state index contributed by atoms with van der Waals surface area (Å²) in [5.74, 6) is 0. The summed E-state index contributed by atoms with van der Waals surface area (Å²) in [6.07, 6.45) is 1.51. The van der Waals surface area contributed by atoms with E-state index >= 15 is 0 Å². The molecule has 0 spiro atoms. The van der Waals surface area contributed by atoms with E-state index in [4.69, 9.17) is 4.74 Å². The Balaban J connectivity index is 1.79. The lowest BCUT2D eigenvalue weighted by Gasteiger charge is -2.12. The second kappa shape index (κ2) is 4.86. The molecule has 0 bridgehead atoms. The van der Waals surface area contributed by atoms with Gasteiger partial charge in [-0.2, -0.15) is 0 Å². The van der Waals surface area contributed by atoms with Crippen LogP contribution in [-0.2, 0) is 11.3 Å². The van der Waals surface area contributed by atoms with Crippen molar-refractivity contribution in [2.75, 3.05) is 13.1 Å². The lowest BCUT2D eigenvalue weighted by Crippen LogP contribution is -2.16. The Hall–Kier alpha value is -1.38. The Morgan fingerprint density at radius 2 is 2.00 bits per heavy atom. The Bertz CT molecular complexity index is 498. The van der Waals surface area contributed by atoms with E-state index in [0.29, 0.717) is 12.7 Å². The minimum Gasteiger partial charge on any atom is -0.372 e. The van der Waals surface area contributed by atoms with Crippen molar-refractivity contribution >= 4 is 10.8 Å². The molecule has 1 aliphatic rings. The van der Waals surface area contributed by atoms with Crippen LogP contribution in [0.25, 0.3) is 10.8 Å². The maximum atomic E-state index is 5.93. The minimum absolute atomic E-state index is 0.383. The van der Waals surface area contributed by atoms with Gasteiger partial charge in [-0.15, -0.1) is 0 Å². The molecule has 17 heavy (non-hydrogen) atoms. The number of rotatable bonds is 3. The van der Waals surface area contributed by atoms with Crippen LogP contribution in [0.2, 0.25) is 0 Å². The molecule has 1 unspecified atom stereocenters. The first-order valence-electron chi connectivity index (χ1n) is 6.22. The number of hydrogen-bond donors (Lipinski definition) is 1. The smallest absolute Gasteiger partial charge is 0.0727 e. The maximum Gasteiger partial charge on any atom is 0.0727 e. The van der Waals surface area contributed by atoms with E-state index in [9.17, 15) is 0 Å². The molecule has 1 heterocycles. The molecule has 2 heteroatoms. The number of fused-ring (bicyclic) bond motifs is 1. The van der Waals surface area contributed by atoms with Crippen LogP contribution in [0.1, 0.15) is 12.0 Å². The van der Waals surface area contributed by atoms with E-state index in [1.165, 1.54) is 16.3 Å². The van der Waals surface area contributed by atoms with Crippen molar-refractivity contribution in [3.05, 3.63) is 48.0 Å². The van der Waals surface area contributed by atoms with Crippen molar-refractivity contribution in [1.82, 2.24) is 5.32 Å². The Morgan fingerprint density at radius 3 is 2.88 bits per heavy atom. The second-order valence-electron chi connectivity index (χ2n) is 4.56. The van der Waals surface area contributed by atoms with Gasteiger partial charge in [0.1, 0.15) is 0 Å². The summed E-state index contributed by atoms with van der Waals surface area (Å²) in [5, 5.41) is 5.92. The first kappa shape index (κ1) is 10.8. The Morgan fingerprint density at radius 1 is 1.12 bits per heavy atom. The predicted octanol–water partition coefficient (Wildman–Crippen LogP) is 2.72. The number of benzene rings is 2. The molecule has 1 fully saturated rings. The molecular formula is C15H17NO. The van der Waals surface area contributed by atoms with E-state index < -0.39 is 0 Å². The van der Waals surface area contributed by atoms with E-state index in [-0.39, 0.29) is 0 Å². The van der Waals surface area contributed by atoms with Crippen LogP contribution in [0, 0.1) is 0 Å². The molecule has 0 amide bonds. The van der Waals surface area contributed by atoms with Gasteiger partial charge in [0.2, 0.25) is 0 Å². The number of hydrogen-bond acceptors (Lipinski definition) is 2. The van der Waals surface area contributed by atoms with Gasteiger partial charge in [-0.25, -0.2) is 0 Å². The van der Waals surface area contributed by atoms with Gasteiger partial charge >= 0.3 is 0 Å². The molecule has 1 N–H and O–H groups in total. The van der Waals surface area contributed by atoms with E-state index in [0.717, 1.165) is 19.5 Å². The highest BCUT2D eigenvalue weighted by Crippen LogP contribution is 2.20. The van der Waals surface area contributed by atoms with Crippen molar-refractivity contribution in [2.45, 2.75) is 19.1 Å². The average molecular weight is 227 g/mol. The second-order valence-corrected chi connectivity index (χ2v) is 4.56. The van der Waals surface area contributed by atoms with Gasteiger partial charge in [-0.1, -0.05) is 42.5 Å². The summed E-state index contributed by atoms with van der Waals surface area (Å²) in [6.45, 7) is 2.79. The van der Waals surface area contributed by atoms with Crippen molar-refractivity contribution in [1.29, 1.82) is 0 Å². The lowest BCUT2D eigenvalue weighted by molar-refractivity contribution is 0.0549. The summed E-state index contributed by atoms with van der Waals surface area (Å²) < 4.78 is 5.93. The lowest BCUT2D eigenvalue weighted by atomic mass is 10.1. The monoisotopic (exact) mass is 227 g/mol. The van der Waals surface area contributed by atoms with E-state index in [1.807, 2.05) is 0 Å². The summed E-state index contributed by atoms with van der Waals surface area (Å²) in [6, 6.07) is 14.9. The van der Waals surface area contributed by atoms with Crippen molar-refractivity contribution in [3.8, 4) is 0 Å². The maximum absolute atomic E-state index is 5.93. The highest BCUT2D eigenvalue weighted by atomic mass is 16.5. The third kappa shape index (κ3) is 2.33. The molecule has 1 aliphatic heterocycles. The normalized spacial score (nSPS) is 19.9. The molecular weight excluding hydrogens is 210 g/mol. The van der Waals surface area contributed by atoms with Crippen LogP contribution >= 0.6 is 0 Å². The van der Waals surface area contributed by atoms with Gasteiger partial charge in [0.25, 0.3) is 0 Å². The molecule has 1 atom stereocenters. The predicted molar refractivity (Wildman–Crippen MR) is 70.0 cm³/mol. The topological polar surface area (TPSA) is 21.3 Å². The molecule has 88 valence electrons. The molecule has 1 saturated heterocycles. The molecule has 0 saturated carbocycles. The fourth-order valence-electron chi connectivity index (χ4n) is 2.40. The zero-order valence-corrected chi connectivity index (χ0v) is 9.86. The summed E-state index contributed by atoms with van der Waals surface area (Å²) in [4.78, 5) is 0. The van der Waals surface area contributed by atoms with Crippen LogP contribution in [0.3, 0.4) is 0 Å². The highest BCUT2D eigenvalue weighted by Gasteiger charge is 2.14. The van der Waals surface area contributed by atoms with Gasteiger partial charge in [0, 0.05) is 6.54 Å². The first-order valence-corrected chi connectivity index (χ1v) is 6.22. The van der Waals surface area contributed by atoms with Gasteiger partial charge in [-0.05, 0) is 29.3 Å². The zero-order valence-electron chi connectivity index (χ0n) is 9.86. The standard InChI is InChI=1S/C15H17NO/c1-2-7-15-12(4-1)5-3-6-13(15)11-17-14-8-9-16-10-14/h1-7,14,16H,8-11H2. The fourth-order valence-corrected chi connectivity index (χ4v) is 2.40. The zero-order chi connectivity index (χ0) is 11.5.